The minimum atomic E-state index is -4.62. The first kappa shape index (κ1) is 16.2. The van der Waals surface area contributed by atoms with Crippen LogP contribution in [-0.2, 0) is 6.18 Å². The molecule has 1 aromatic rings. The van der Waals surface area contributed by atoms with Crippen LogP contribution >= 0.6 is 0 Å². The summed E-state index contributed by atoms with van der Waals surface area (Å²) in [4.78, 5) is 9.95. The molecule has 1 unspecified atom stereocenters. The quantitative estimate of drug-likeness (QED) is 0.479. The summed E-state index contributed by atoms with van der Waals surface area (Å²) in [7, 11) is 0. The molecule has 0 saturated heterocycles. The van der Waals surface area contributed by atoms with Crippen molar-refractivity contribution in [2.24, 2.45) is 0 Å². The third-order valence-corrected chi connectivity index (χ3v) is 2.64. The smallest absolute Gasteiger partial charge is 0.393 e. The van der Waals surface area contributed by atoms with Crippen LogP contribution in [0.3, 0.4) is 0 Å². The number of halogens is 3. The molecule has 2 N–H and O–H groups in total. The Kier molecular flexibility index (Phi) is 5.32. The Labute approximate surface area is 113 Å². The topological polar surface area (TPSA) is 75.4 Å². The van der Waals surface area contributed by atoms with Crippen LogP contribution in [0.4, 0.5) is 24.5 Å². The summed E-state index contributed by atoms with van der Waals surface area (Å²) in [5.41, 5.74) is -1.64. The molecule has 0 radical (unpaired) electrons. The predicted molar refractivity (Wildman–Crippen MR) is 67.5 cm³/mol. The van der Waals surface area contributed by atoms with Gasteiger partial charge in [-0.15, -0.1) is 0 Å². The van der Waals surface area contributed by atoms with Crippen LogP contribution in [0.1, 0.15) is 25.3 Å². The summed E-state index contributed by atoms with van der Waals surface area (Å²) < 4.78 is 37.5. The molecule has 0 aliphatic rings. The predicted octanol–water partition coefficient (Wildman–Crippen LogP) is 3.19. The van der Waals surface area contributed by atoms with E-state index < -0.39 is 28.5 Å². The second-order valence-electron chi connectivity index (χ2n) is 4.40. The lowest BCUT2D eigenvalue weighted by molar-refractivity contribution is -0.384. The van der Waals surface area contributed by atoms with Gasteiger partial charge < -0.3 is 10.4 Å². The first-order valence-electron chi connectivity index (χ1n) is 5.99. The molecule has 1 aromatic carbocycles. The number of nitro benzene ring substituents is 1. The number of hydrogen-bond donors (Lipinski definition) is 2. The number of nitrogens with zero attached hydrogens (tertiary/aromatic N) is 1. The number of nitrogens with one attached hydrogen (secondary N) is 1. The molecule has 8 heteroatoms. The summed E-state index contributed by atoms with van der Waals surface area (Å²) in [5, 5.41) is 22.6. The molecule has 112 valence electrons. The molecule has 1 atom stereocenters. The Morgan fingerprint density at radius 2 is 2.10 bits per heavy atom. The van der Waals surface area contributed by atoms with Crippen molar-refractivity contribution >= 4 is 11.4 Å². The van der Waals surface area contributed by atoms with Crippen LogP contribution in [0.15, 0.2) is 18.2 Å². The third kappa shape index (κ3) is 4.69. The highest BCUT2D eigenvalue weighted by atomic mass is 19.4. The Bertz CT molecular complexity index is 476. The van der Waals surface area contributed by atoms with Crippen molar-refractivity contribution in [1.82, 2.24) is 0 Å². The maximum Gasteiger partial charge on any atom is 0.416 e. The van der Waals surface area contributed by atoms with Crippen molar-refractivity contribution in [3.05, 3.63) is 33.9 Å². The van der Waals surface area contributed by atoms with E-state index in [1.807, 2.05) is 0 Å². The van der Waals surface area contributed by atoms with Crippen LogP contribution < -0.4 is 5.32 Å². The average molecular weight is 292 g/mol. The van der Waals surface area contributed by atoms with Crippen molar-refractivity contribution < 1.29 is 23.2 Å². The number of aliphatic hydroxyl groups is 1. The van der Waals surface area contributed by atoms with Crippen molar-refractivity contribution in [2.45, 2.75) is 32.0 Å². The lowest BCUT2D eigenvalue weighted by atomic mass is 10.1. The standard InChI is InChI=1S/C12H15F3N2O3/c1-8(18)3-2-6-16-10-5-4-9(12(13,14)15)7-11(10)17(19)20/h4-5,7-8,16,18H,2-3,6H2,1H3. The summed E-state index contributed by atoms with van der Waals surface area (Å²) in [6, 6.07) is 2.35. The molecule has 0 aromatic heterocycles. The minimum absolute atomic E-state index is 0.0357. The van der Waals surface area contributed by atoms with Gasteiger partial charge in [-0.05, 0) is 31.9 Å². The van der Waals surface area contributed by atoms with Crippen molar-refractivity contribution in [2.75, 3.05) is 11.9 Å². The number of anilines is 1. The van der Waals surface area contributed by atoms with E-state index >= 15 is 0 Å². The fourth-order valence-corrected chi connectivity index (χ4v) is 1.63. The van der Waals surface area contributed by atoms with Gasteiger partial charge >= 0.3 is 6.18 Å². The van der Waals surface area contributed by atoms with Gasteiger partial charge in [0.25, 0.3) is 5.69 Å². The highest BCUT2D eigenvalue weighted by Gasteiger charge is 2.32. The summed E-state index contributed by atoms with van der Waals surface area (Å²) in [6.07, 6.45) is -4.05. The van der Waals surface area contributed by atoms with Crippen LogP contribution in [0.25, 0.3) is 0 Å². The van der Waals surface area contributed by atoms with Crippen LogP contribution in [0, 0.1) is 10.1 Å². The SMILES string of the molecule is CC(O)CCCNc1ccc(C(F)(F)F)cc1[N+](=O)[O-]. The monoisotopic (exact) mass is 292 g/mol. The highest BCUT2D eigenvalue weighted by molar-refractivity contribution is 5.62. The van der Waals surface area contributed by atoms with Crippen LogP contribution in [0.2, 0.25) is 0 Å². The first-order valence-corrected chi connectivity index (χ1v) is 5.99. The van der Waals surface area contributed by atoms with E-state index in [1.54, 1.807) is 6.92 Å². The summed E-state index contributed by atoms with van der Waals surface area (Å²) in [6.45, 7) is 1.94. The lowest BCUT2D eigenvalue weighted by Crippen LogP contribution is -2.10. The zero-order valence-corrected chi connectivity index (χ0v) is 10.8. The molecular formula is C12H15F3N2O3. The number of hydrogen-bond acceptors (Lipinski definition) is 4. The maximum atomic E-state index is 12.5. The Balaban J connectivity index is 2.83. The van der Waals surface area contributed by atoms with E-state index in [2.05, 4.69) is 5.32 Å². The van der Waals surface area contributed by atoms with Gasteiger partial charge in [-0.25, -0.2) is 0 Å². The molecule has 0 bridgehead atoms. The fraction of sp³-hybridized carbons (Fsp3) is 0.500. The molecule has 0 fully saturated rings. The zero-order chi connectivity index (χ0) is 15.3. The van der Waals surface area contributed by atoms with Gasteiger partial charge in [0, 0.05) is 12.6 Å². The number of benzene rings is 1. The molecule has 0 amide bonds. The number of aliphatic hydroxyl groups excluding tert-OH is 1. The van der Waals surface area contributed by atoms with Gasteiger partial charge in [0.2, 0.25) is 0 Å². The maximum absolute atomic E-state index is 12.5. The Morgan fingerprint density at radius 3 is 2.60 bits per heavy atom. The largest absolute Gasteiger partial charge is 0.416 e. The molecule has 0 aliphatic carbocycles. The average Bonchev–Trinajstić information content (AvgIpc) is 2.33. The first-order chi connectivity index (χ1) is 9.21. The molecular weight excluding hydrogens is 277 g/mol. The number of rotatable bonds is 6. The van der Waals surface area contributed by atoms with E-state index in [1.165, 1.54) is 0 Å². The van der Waals surface area contributed by atoms with E-state index in [0.717, 1.165) is 12.1 Å². The van der Waals surface area contributed by atoms with Crippen molar-refractivity contribution in [3.8, 4) is 0 Å². The van der Waals surface area contributed by atoms with Gasteiger partial charge in [0.1, 0.15) is 5.69 Å². The number of nitro groups is 1. The van der Waals surface area contributed by atoms with Gasteiger partial charge in [-0.1, -0.05) is 0 Å². The van der Waals surface area contributed by atoms with Gasteiger partial charge in [-0.2, -0.15) is 13.2 Å². The normalized spacial score (nSPS) is 13.1. The molecule has 0 aliphatic heterocycles. The van der Waals surface area contributed by atoms with Crippen LogP contribution in [0.5, 0.6) is 0 Å². The lowest BCUT2D eigenvalue weighted by Gasteiger charge is -2.11. The molecule has 0 saturated carbocycles. The van der Waals surface area contributed by atoms with Crippen molar-refractivity contribution in [1.29, 1.82) is 0 Å². The van der Waals surface area contributed by atoms with Crippen molar-refractivity contribution in [3.63, 3.8) is 0 Å². The second-order valence-corrected chi connectivity index (χ2v) is 4.40. The van der Waals surface area contributed by atoms with Crippen LogP contribution in [-0.4, -0.2) is 22.7 Å². The number of alkyl halides is 3. The van der Waals surface area contributed by atoms with Gasteiger partial charge in [-0.3, -0.25) is 10.1 Å². The third-order valence-electron chi connectivity index (χ3n) is 2.64. The molecule has 0 heterocycles. The molecule has 0 spiro atoms. The molecule has 5 nitrogen and oxygen atoms in total. The second kappa shape index (κ2) is 6.56. The van der Waals surface area contributed by atoms with E-state index in [4.69, 9.17) is 5.11 Å². The highest BCUT2D eigenvalue weighted by Crippen LogP contribution is 2.34. The van der Waals surface area contributed by atoms with Gasteiger partial charge in [0.15, 0.2) is 0 Å². The van der Waals surface area contributed by atoms with E-state index in [-0.39, 0.29) is 5.69 Å². The van der Waals surface area contributed by atoms with E-state index in [0.29, 0.717) is 25.5 Å². The Morgan fingerprint density at radius 1 is 1.45 bits per heavy atom. The van der Waals surface area contributed by atoms with Gasteiger partial charge in [0.05, 0.1) is 16.6 Å². The minimum Gasteiger partial charge on any atom is -0.393 e. The van der Waals surface area contributed by atoms with E-state index in [9.17, 15) is 23.3 Å². The Hall–Kier alpha value is -1.83. The fourth-order valence-electron chi connectivity index (χ4n) is 1.63. The molecule has 1 rings (SSSR count). The summed E-state index contributed by atoms with van der Waals surface area (Å²) in [5.74, 6) is 0. The molecule has 20 heavy (non-hydrogen) atoms. The summed E-state index contributed by atoms with van der Waals surface area (Å²) >= 11 is 0. The zero-order valence-electron chi connectivity index (χ0n) is 10.8.